The van der Waals surface area contributed by atoms with Crippen molar-refractivity contribution in [3.8, 4) is 11.5 Å². The van der Waals surface area contributed by atoms with E-state index in [9.17, 15) is 4.79 Å². The first kappa shape index (κ1) is 17.0. The van der Waals surface area contributed by atoms with Gasteiger partial charge in [-0.2, -0.15) is 0 Å². The van der Waals surface area contributed by atoms with Gasteiger partial charge in [-0.1, -0.05) is 23.7 Å². The van der Waals surface area contributed by atoms with E-state index in [1.165, 1.54) is 0 Å². The molecule has 0 radical (unpaired) electrons. The van der Waals surface area contributed by atoms with Crippen LogP contribution in [0.2, 0.25) is 5.02 Å². The lowest BCUT2D eigenvalue weighted by Gasteiger charge is -2.10. The summed E-state index contributed by atoms with van der Waals surface area (Å²) in [7, 11) is 0. The van der Waals surface area contributed by atoms with Crippen LogP contribution < -0.4 is 14.8 Å². The van der Waals surface area contributed by atoms with Crippen LogP contribution in [0.1, 0.15) is 6.92 Å². The Kier molecular flexibility index (Phi) is 6.56. The second-order valence-corrected chi connectivity index (χ2v) is 4.96. The summed E-state index contributed by atoms with van der Waals surface area (Å²) in [6.45, 7) is 2.83. The molecule has 0 bridgehead atoms. The first-order valence-electron chi connectivity index (χ1n) is 7.22. The van der Waals surface area contributed by atoms with Crippen molar-refractivity contribution in [2.24, 2.45) is 0 Å². The molecular weight excluding hydrogens is 318 g/mol. The van der Waals surface area contributed by atoms with Crippen LogP contribution in [0.4, 0.5) is 10.5 Å². The summed E-state index contributed by atoms with van der Waals surface area (Å²) in [5, 5.41) is 3.24. The number of amides is 1. The van der Waals surface area contributed by atoms with Crippen molar-refractivity contribution < 1.29 is 19.0 Å². The number of halogens is 1. The number of carbonyl (C=O) groups is 1. The van der Waals surface area contributed by atoms with Gasteiger partial charge < -0.3 is 14.2 Å². The number of benzene rings is 2. The number of hydrogen-bond donors (Lipinski definition) is 1. The van der Waals surface area contributed by atoms with E-state index in [4.69, 9.17) is 25.8 Å². The molecule has 0 aromatic heterocycles. The number of anilines is 1. The summed E-state index contributed by atoms with van der Waals surface area (Å²) in [5.41, 5.74) is 0.608. The zero-order chi connectivity index (χ0) is 16.5. The Morgan fingerprint density at radius 3 is 2.35 bits per heavy atom. The standard InChI is InChI=1S/C17H18ClNO4/c1-2-21-17(20)19-14-6-4-8-16(12-14)23-10-9-22-15-7-3-5-13(18)11-15/h3-8,11-12H,2,9-10H2,1H3,(H,19,20). The molecule has 0 heterocycles. The fraction of sp³-hybridized carbons (Fsp3) is 0.235. The van der Waals surface area contributed by atoms with E-state index in [1.807, 2.05) is 12.1 Å². The van der Waals surface area contributed by atoms with Crippen LogP contribution in [-0.2, 0) is 4.74 Å². The molecule has 0 saturated heterocycles. The van der Waals surface area contributed by atoms with Crippen LogP contribution in [0.15, 0.2) is 48.5 Å². The van der Waals surface area contributed by atoms with E-state index in [1.54, 1.807) is 43.3 Å². The lowest BCUT2D eigenvalue weighted by molar-refractivity contribution is 0.168. The Bertz CT molecular complexity index is 648. The highest BCUT2D eigenvalue weighted by molar-refractivity contribution is 6.30. The molecule has 1 amide bonds. The van der Waals surface area contributed by atoms with E-state index in [2.05, 4.69) is 5.32 Å². The molecule has 6 heteroatoms. The average Bonchev–Trinajstić information content (AvgIpc) is 2.52. The SMILES string of the molecule is CCOC(=O)Nc1cccc(OCCOc2cccc(Cl)c2)c1. The number of rotatable bonds is 7. The summed E-state index contributed by atoms with van der Waals surface area (Å²) in [5.74, 6) is 1.33. The van der Waals surface area contributed by atoms with Crippen LogP contribution in [0.5, 0.6) is 11.5 Å². The van der Waals surface area contributed by atoms with Crippen molar-refractivity contribution in [3.05, 3.63) is 53.6 Å². The van der Waals surface area contributed by atoms with E-state index < -0.39 is 6.09 Å². The predicted octanol–water partition coefficient (Wildman–Crippen LogP) is 4.37. The van der Waals surface area contributed by atoms with Gasteiger partial charge in [-0.05, 0) is 37.3 Å². The van der Waals surface area contributed by atoms with Crippen molar-refractivity contribution in [2.45, 2.75) is 6.92 Å². The molecule has 2 rings (SSSR count). The zero-order valence-corrected chi connectivity index (χ0v) is 13.5. The van der Waals surface area contributed by atoms with Crippen LogP contribution in [0.25, 0.3) is 0 Å². The predicted molar refractivity (Wildman–Crippen MR) is 89.5 cm³/mol. The minimum absolute atomic E-state index is 0.322. The Labute approximate surface area is 140 Å². The maximum Gasteiger partial charge on any atom is 0.411 e. The van der Waals surface area contributed by atoms with Gasteiger partial charge >= 0.3 is 6.09 Å². The summed E-state index contributed by atoms with van der Waals surface area (Å²) >= 11 is 5.88. The number of nitrogens with one attached hydrogen (secondary N) is 1. The lowest BCUT2D eigenvalue weighted by Crippen LogP contribution is -2.13. The van der Waals surface area contributed by atoms with Crippen molar-refractivity contribution in [2.75, 3.05) is 25.1 Å². The first-order chi connectivity index (χ1) is 11.2. The quantitative estimate of drug-likeness (QED) is 0.763. The molecule has 1 N–H and O–H groups in total. The van der Waals surface area contributed by atoms with Crippen molar-refractivity contribution in [1.29, 1.82) is 0 Å². The molecule has 0 aliphatic rings. The van der Waals surface area contributed by atoms with Crippen LogP contribution in [0.3, 0.4) is 0 Å². The smallest absolute Gasteiger partial charge is 0.411 e. The Hall–Kier alpha value is -2.40. The van der Waals surface area contributed by atoms with Gasteiger partial charge in [0.2, 0.25) is 0 Å². The summed E-state index contributed by atoms with van der Waals surface area (Å²) in [6.07, 6.45) is -0.492. The monoisotopic (exact) mass is 335 g/mol. The third-order valence-electron chi connectivity index (χ3n) is 2.77. The minimum Gasteiger partial charge on any atom is -0.490 e. The lowest BCUT2D eigenvalue weighted by atomic mass is 10.3. The molecular formula is C17H18ClNO4. The van der Waals surface area contributed by atoms with Gasteiger partial charge in [-0.3, -0.25) is 5.32 Å². The van der Waals surface area contributed by atoms with E-state index in [0.29, 0.717) is 42.0 Å². The molecule has 0 aliphatic carbocycles. The van der Waals surface area contributed by atoms with Crippen LogP contribution in [0, 0.1) is 0 Å². The third kappa shape index (κ3) is 6.08. The largest absolute Gasteiger partial charge is 0.490 e. The maximum absolute atomic E-state index is 11.4. The van der Waals surface area contributed by atoms with Crippen molar-refractivity contribution in [1.82, 2.24) is 0 Å². The molecule has 0 unspecified atom stereocenters. The Balaban J connectivity index is 1.78. The highest BCUT2D eigenvalue weighted by Crippen LogP contribution is 2.19. The van der Waals surface area contributed by atoms with Gasteiger partial charge in [0, 0.05) is 16.8 Å². The summed E-state index contributed by atoms with van der Waals surface area (Å²) in [4.78, 5) is 11.4. The number of ether oxygens (including phenoxy) is 3. The highest BCUT2D eigenvalue weighted by atomic mass is 35.5. The molecule has 0 saturated carbocycles. The van der Waals surface area contributed by atoms with Crippen LogP contribution >= 0.6 is 11.6 Å². The van der Waals surface area contributed by atoms with Gasteiger partial charge in [-0.25, -0.2) is 4.79 Å². The Morgan fingerprint density at radius 2 is 1.70 bits per heavy atom. The molecule has 2 aromatic rings. The number of carbonyl (C=O) groups excluding carboxylic acids is 1. The molecule has 0 fully saturated rings. The molecule has 5 nitrogen and oxygen atoms in total. The fourth-order valence-corrected chi connectivity index (χ4v) is 2.00. The van der Waals surface area contributed by atoms with Crippen molar-refractivity contribution in [3.63, 3.8) is 0 Å². The molecule has 0 atom stereocenters. The van der Waals surface area contributed by atoms with Gasteiger partial charge in [0.1, 0.15) is 24.7 Å². The average molecular weight is 336 g/mol. The van der Waals surface area contributed by atoms with E-state index in [0.717, 1.165) is 0 Å². The highest BCUT2D eigenvalue weighted by Gasteiger charge is 2.03. The minimum atomic E-state index is -0.492. The van der Waals surface area contributed by atoms with Crippen molar-refractivity contribution >= 4 is 23.4 Å². The van der Waals surface area contributed by atoms with Gasteiger partial charge in [0.15, 0.2) is 0 Å². The van der Waals surface area contributed by atoms with Crippen LogP contribution in [-0.4, -0.2) is 25.9 Å². The number of hydrogen-bond acceptors (Lipinski definition) is 4. The normalized spacial score (nSPS) is 10.0. The topological polar surface area (TPSA) is 56.8 Å². The Morgan fingerprint density at radius 1 is 1.04 bits per heavy atom. The first-order valence-corrected chi connectivity index (χ1v) is 7.60. The summed E-state index contributed by atoms with van der Waals surface area (Å²) < 4.78 is 15.9. The third-order valence-corrected chi connectivity index (χ3v) is 3.01. The molecule has 23 heavy (non-hydrogen) atoms. The fourth-order valence-electron chi connectivity index (χ4n) is 1.82. The molecule has 122 valence electrons. The van der Waals surface area contributed by atoms with Gasteiger partial charge in [0.05, 0.1) is 6.61 Å². The summed E-state index contributed by atoms with van der Waals surface area (Å²) in [6, 6.07) is 14.2. The molecule has 0 spiro atoms. The second kappa shape index (κ2) is 8.90. The molecule has 2 aromatic carbocycles. The zero-order valence-electron chi connectivity index (χ0n) is 12.8. The van der Waals surface area contributed by atoms with Gasteiger partial charge in [0.25, 0.3) is 0 Å². The van der Waals surface area contributed by atoms with E-state index in [-0.39, 0.29) is 0 Å². The van der Waals surface area contributed by atoms with E-state index >= 15 is 0 Å². The second-order valence-electron chi connectivity index (χ2n) is 4.53. The molecule has 0 aliphatic heterocycles. The van der Waals surface area contributed by atoms with Gasteiger partial charge in [-0.15, -0.1) is 0 Å². The maximum atomic E-state index is 11.4.